The number of ether oxygens (including phenoxy) is 1. The van der Waals surface area contributed by atoms with E-state index in [0.29, 0.717) is 24.3 Å². The number of aliphatic hydroxyl groups excluding tert-OH is 1. The molecule has 1 unspecified atom stereocenters. The molecule has 0 saturated heterocycles. The second kappa shape index (κ2) is 7.77. The van der Waals surface area contributed by atoms with Crippen LogP contribution in [0.25, 0.3) is 0 Å². The van der Waals surface area contributed by atoms with Crippen LogP contribution in [0.4, 0.5) is 0 Å². The third kappa shape index (κ3) is 4.96. The van der Waals surface area contributed by atoms with Gasteiger partial charge in [-0.15, -0.1) is 0 Å². The molecule has 100 valence electrons. The number of rotatable bonds is 6. The number of benzene rings is 1. The summed E-state index contributed by atoms with van der Waals surface area (Å²) < 4.78 is 5.43. The number of unbranched alkanes of at least 4 members (excludes halogenated alkanes) is 1. The van der Waals surface area contributed by atoms with Crippen molar-refractivity contribution in [3.8, 4) is 0 Å². The summed E-state index contributed by atoms with van der Waals surface area (Å²) in [5.41, 5.74) is 0.720. The summed E-state index contributed by atoms with van der Waals surface area (Å²) in [6, 6.07) is 5.41. The molecule has 0 fully saturated rings. The molecule has 1 rings (SSSR count). The molecule has 1 aromatic carbocycles. The van der Waals surface area contributed by atoms with Crippen molar-refractivity contribution < 1.29 is 14.6 Å². The van der Waals surface area contributed by atoms with Crippen molar-refractivity contribution in [2.45, 2.75) is 31.8 Å². The average molecular weight is 336 g/mol. The van der Waals surface area contributed by atoms with Gasteiger partial charge >= 0.3 is 5.97 Å². The Kier molecular flexibility index (Phi) is 6.68. The Balaban J connectivity index is 2.40. The fourth-order valence-corrected chi connectivity index (χ4v) is 2.44. The lowest BCUT2D eigenvalue weighted by Crippen LogP contribution is -2.02. The van der Waals surface area contributed by atoms with E-state index >= 15 is 0 Å². The molecule has 3 nitrogen and oxygen atoms in total. The smallest absolute Gasteiger partial charge is 0.305 e. The number of hydrogen-bond donors (Lipinski definition) is 1. The first-order chi connectivity index (χ1) is 8.54. The topological polar surface area (TPSA) is 46.5 Å². The molecule has 0 spiro atoms. The number of hydrogen-bond acceptors (Lipinski definition) is 3. The van der Waals surface area contributed by atoms with Gasteiger partial charge in [-0.2, -0.15) is 0 Å². The van der Waals surface area contributed by atoms with Crippen molar-refractivity contribution >= 4 is 33.5 Å². The lowest BCUT2D eigenvalue weighted by atomic mass is 10.0. The molecule has 5 heteroatoms. The normalized spacial score (nSPS) is 12.2. The van der Waals surface area contributed by atoms with Gasteiger partial charge < -0.3 is 9.84 Å². The maximum atomic E-state index is 10.9. The Hall–Kier alpha value is -0.580. The summed E-state index contributed by atoms with van der Waals surface area (Å²) >= 11 is 9.36. The van der Waals surface area contributed by atoms with Crippen molar-refractivity contribution in [3.63, 3.8) is 0 Å². The largest absolute Gasteiger partial charge is 0.469 e. The molecule has 0 heterocycles. The number of esters is 1. The molecular weight excluding hydrogens is 319 g/mol. The van der Waals surface area contributed by atoms with Gasteiger partial charge in [-0.25, -0.2) is 0 Å². The monoisotopic (exact) mass is 334 g/mol. The van der Waals surface area contributed by atoms with E-state index < -0.39 is 6.10 Å². The van der Waals surface area contributed by atoms with Crippen molar-refractivity contribution in [2.24, 2.45) is 0 Å². The predicted octanol–water partition coefficient (Wildman–Crippen LogP) is 3.87. The van der Waals surface area contributed by atoms with Crippen LogP contribution in [0.5, 0.6) is 0 Å². The zero-order valence-electron chi connectivity index (χ0n) is 10.2. The van der Waals surface area contributed by atoms with Gasteiger partial charge in [-0.05, 0) is 37.0 Å². The van der Waals surface area contributed by atoms with Gasteiger partial charge in [0.05, 0.1) is 13.2 Å². The highest BCUT2D eigenvalue weighted by Crippen LogP contribution is 2.29. The molecule has 0 aromatic heterocycles. The molecule has 18 heavy (non-hydrogen) atoms. The van der Waals surface area contributed by atoms with Crippen LogP contribution in [-0.4, -0.2) is 18.2 Å². The molecule has 0 aliphatic heterocycles. The first-order valence-electron chi connectivity index (χ1n) is 5.74. The van der Waals surface area contributed by atoms with Crippen molar-refractivity contribution in [1.82, 2.24) is 0 Å². The van der Waals surface area contributed by atoms with Crippen LogP contribution in [0.3, 0.4) is 0 Å². The highest BCUT2D eigenvalue weighted by Gasteiger charge is 2.12. The fraction of sp³-hybridized carbons (Fsp3) is 0.462. The zero-order valence-corrected chi connectivity index (χ0v) is 12.5. The molecule has 0 aliphatic carbocycles. The predicted molar refractivity (Wildman–Crippen MR) is 74.6 cm³/mol. The van der Waals surface area contributed by atoms with E-state index in [1.165, 1.54) is 7.11 Å². The minimum atomic E-state index is -0.594. The number of carbonyl (C=O) groups excluding carboxylic acids is 1. The van der Waals surface area contributed by atoms with E-state index in [9.17, 15) is 9.90 Å². The van der Waals surface area contributed by atoms with E-state index in [-0.39, 0.29) is 5.97 Å². The van der Waals surface area contributed by atoms with Crippen molar-refractivity contribution in [3.05, 3.63) is 33.3 Å². The van der Waals surface area contributed by atoms with Gasteiger partial charge in [-0.1, -0.05) is 33.6 Å². The van der Waals surface area contributed by atoms with Crippen LogP contribution in [-0.2, 0) is 9.53 Å². The summed E-state index contributed by atoms with van der Waals surface area (Å²) in [6.07, 6.45) is 1.83. The summed E-state index contributed by atoms with van der Waals surface area (Å²) in [6.45, 7) is 0. The summed E-state index contributed by atoms with van der Waals surface area (Å²) in [4.78, 5) is 10.9. The summed E-state index contributed by atoms with van der Waals surface area (Å²) in [5, 5.41) is 10.5. The molecule has 0 bridgehead atoms. The lowest BCUT2D eigenvalue weighted by Gasteiger charge is -2.12. The van der Waals surface area contributed by atoms with E-state index in [1.807, 2.05) is 6.07 Å². The van der Waals surface area contributed by atoms with E-state index in [1.54, 1.807) is 12.1 Å². The van der Waals surface area contributed by atoms with E-state index in [4.69, 9.17) is 11.6 Å². The number of halogens is 2. The first-order valence-corrected chi connectivity index (χ1v) is 6.91. The standard InChI is InChI=1S/C13H16BrClO3/c1-18-13(17)5-3-2-4-12(16)10-7-6-9(14)8-11(10)15/h6-8,12,16H,2-5H2,1H3. The summed E-state index contributed by atoms with van der Waals surface area (Å²) in [7, 11) is 1.37. The number of methoxy groups -OCH3 is 1. The van der Waals surface area contributed by atoms with Crippen LogP contribution in [0.1, 0.15) is 37.4 Å². The minimum Gasteiger partial charge on any atom is -0.469 e. The van der Waals surface area contributed by atoms with Gasteiger partial charge in [0.2, 0.25) is 0 Å². The molecule has 1 atom stereocenters. The Morgan fingerprint density at radius 3 is 2.83 bits per heavy atom. The fourth-order valence-electron chi connectivity index (χ4n) is 1.64. The molecule has 0 amide bonds. The van der Waals surface area contributed by atoms with Crippen molar-refractivity contribution in [2.75, 3.05) is 7.11 Å². The molecule has 0 aliphatic rings. The maximum absolute atomic E-state index is 10.9. The van der Waals surface area contributed by atoms with Crippen LogP contribution >= 0.6 is 27.5 Å². The van der Waals surface area contributed by atoms with Gasteiger partial charge in [-0.3, -0.25) is 4.79 Å². The van der Waals surface area contributed by atoms with Crippen LogP contribution in [0.2, 0.25) is 5.02 Å². The lowest BCUT2D eigenvalue weighted by molar-refractivity contribution is -0.140. The van der Waals surface area contributed by atoms with Gasteiger partial charge in [0, 0.05) is 15.9 Å². The molecular formula is C13H16BrClO3. The average Bonchev–Trinajstić information content (AvgIpc) is 2.34. The summed E-state index contributed by atoms with van der Waals surface area (Å²) in [5.74, 6) is -0.217. The van der Waals surface area contributed by atoms with Crippen molar-refractivity contribution in [1.29, 1.82) is 0 Å². The van der Waals surface area contributed by atoms with Crippen LogP contribution in [0, 0.1) is 0 Å². The van der Waals surface area contributed by atoms with E-state index in [0.717, 1.165) is 16.5 Å². The number of carbonyl (C=O) groups is 1. The third-order valence-corrected chi connectivity index (χ3v) is 3.48. The molecule has 1 aromatic rings. The Labute approximate surface area is 120 Å². The second-order valence-corrected chi connectivity index (χ2v) is 5.33. The van der Waals surface area contributed by atoms with Crippen LogP contribution in [0.15, 0.2) is 22.7 Å². The molecule has 0 radical (unpaired) electrons. The highest BCUT2D eigenvalue weighted by molar-refractivity contribution is 9.10. The van der Waals surface area contributed by atoms with Gasteiger partial charge in [0.1, 0.15) is 0 Å². The van der Waals surface area contributed by atoms with Crippen LogP contribution < -0.4 is 0 Å². The Morgan fingerprint density at radius 1 is 1.50 bits per heavy atom. The quantitative estimate of drug-likeness (QED) is 0.634. The maximum Gasteiger partial charge on any atom is 0.305 e. The first kappa shape index (κ1) is 15.5. The third-order valence-electron chi connectivity index (χ3n) is 2.66. The van der Waals surface area contributed by atoms with E-state index in [2.05, 4.69) is 20.7 Å². The van der Waals surface area contributed by atoms with Gasteiger partial charge in [0.25, 0.3) is 0 Å². The Morgan fingerprint density at radius 2 is 2.22 bits per heavy atom. The SMILES string of the molecule is COC(=O)CCCCC(O)c1ccc(Br)cc1Cl. The molecule has 0 saturated carbocycles. The number of aliphatic hydroxyl groups is 1. The minimum absolute atomic E-state index is 0.217. The molecule has 1 N–H and O–H groups in total. The zero-order chi connectivity index (χ0) is 13.5. The second-order valence-electron chi connectivity index (χ2n) is 4.00. The Bertz CT molecular complexity index is 409. The highest BCUT2D eigenvalue weighted by atomic mass is 79.9. The van der Waals surface area contributed by atoms with Gasteiger partial charge in [0.15, 0.2) is 0 Å².